The van der Waals surface area contributed by atoms with E-state index >= 15 is 0 Å². The van der Waals surface area contributed by atoms with E-state index in [9.17, 15) is 0 Å². The van der Waals surface area contributed by atoms with E-state index in [0.29, 0.717) is 17.5 Å². The Balaban J connectivity index is 2.01. The van der Waals surface area contributed by atoms with E-state index in [-0.39, 0.29) is 0 Å². The lowest BCUT2D eigenvalue weighted by atomic mass is 10.2. The normalized spacial score (nSPS) is 10.2. The minimum absolute atomic E-state index is 0.466. The Labute approximate surface area is 122 Å². The number of benzene rings is 1. The van der Waals surface area contributed by atoms with Gasteiger partial charge in [0, 0.05) is 12.6 Å². The molecule has 5 heteroatoms. The van der Waals surface area contributed by atoms with Crippen LogP contribution >= 0.6 is 0 Å². The van der Waals surface area contributed by atoms with Crippen LogP contribution in [0.3, 0.4) is 0 Å². The highest BCUT2D eigenvalue weighted by Crippen LogP contribution is 2.21. The smallest absolute Gasteiger partial charge is 0.276 e. The van der Waals surface area contributed by atoms with Crippen LogP contribution in [-0.2, 0) is 7.05 Å². The van der Waals surface area contributed by atoms with Gasteiger partial charge in [0.1, 0.15) is 5.69 Å². The van der Waals surface area contributed by atoms with Crippen LogP contribution in [0.5, 0.6) is 0 Å². The van der Waals surface area contributed by atoms with Gasteiger partial charge in [-0.1, -0.05) is 29.3 Å². The number of nitrogens with zero attached hydrogens (tertiary/aromatic N) is 4. The molecule has 0 unspecified atom stereocenters. The molecule has 0 aliphatic heterocycles. The van der Waals surface area contributed by atoms with E-state index in [0.717, 1.165) is 17.0 Å². The molecule has 0 radical (unpaired) electrons. The van der Waals surface area contributed by atoms with Crippen molar-refractivity contribution in [3.63, 3.8) is 0 Å². The van der Waals surface area contributed by atoms with Gasteiger partial charge in [-0.2, -0.15) is 4.98 Å². The summed E-state index contributed by atoms with van der Waals surface area (Å²) < 4.78 is 7.09. The van der Waals surface area contributed by atoms with Crippen molar-refractivity contribution in [2.24, 2.45) is 7.05 Å². The number of imidazole rings is 1. The lowest BCUT2D eigenvalue weighted by molar-refractivity contribution is 0.423. The molecule has 0 N–H and O–H groups in total. The third kappa shape index (κ3) is 2.56. The first-order valence-corrected chi connectivity index (χ1v) is 6.56. The lowest BCUT2D eigenvalue weighted by Gasteiger charge is -1.98. The molecule has 0 atom stereocenters. The molecule has 3 aromatic rings. The van der Waals surface area contributed by atoms with E-state index in [2.05, 4.69) is 27.0 Å². The molecular formula is C16H14N4O. The number of rotatable bonds is 1. The van der Waals surface area contributed by atoms with Gasteiger partial charge in [0.2, 0.25) is 0 Å². The summed E-state index contributed by atoms with van der Waals surface area (Å²) in [5.74, 6) is 7.91. The second kappa shape index (κ2) is 5.25. The van der Waals surface area contributed by atoms with Crippen molar-refractivity contribution in [3.8, 4) is 23.4 Å². The molecule has 0 fully saturated rings. The van der Waals surface area contributed by atoms with Gasteiger partial charge in [-0.15, -0.1) is 0 Å². The van der Waals surface area contributed by atoms with Gasteiger partial charge in [0.15, 0.2) is 11.6 Å². The van der Waals surface area contributed by atoms with Gasteiger partial charge in [-0.25, -0.2) is 4.98 Å². The van der Waals surface area contributed by atoms with Crippen molar-refractivity contribution in [3.05, 3.63) is 53.2 Å². The molecule has 0 amide bonds. The van der Waals surface area contributed by atoms with Gasteiger partial charge in [0.25, 0.3) is 5.89 Å². The molecule has 0 spiro atoms. The maximum absolute atomic E-state index is 5.22. The molecule has 1 aromatic carbocycles. The second-order valence-electron chi connectivity index (χ2n) is 4.69. The summed E-state index contributed by atoms with van der Waals surface area (Å²) in [5, 5.41) is 3.81. The fourth-order valence-electron chi connectivity index (χ4n) is 2.09. The number of hydrogen-bond donors (Lipinski definition) is 0. The summed E-state index contributed by atoms with van der Waals surface area (Å²) in [6.07, 6.45) is 0. The zero-order valence-electron chi connectivity index (χ0n) is 12.1. The van der Waals surface area contributed by atoms with E-state index in [4.69, 9.17) is 4.52 Å². The SMILES string of the molecule is Cc1noc(-c2c(C)nc(C#Cc3ccccc3)n2C)n1. The van der Waals surface area contributed by atoms with Crippen molar-refractivity contribution in [1.29, 1.82) is 0 Å². The molecule has 0 aliphatic carbocycles. The Bertz CT molecular complexity index is 834. The maximum atomic E-state index is 5.22. The summed E-state index contributed by atoms with van der Waals surface area (Å²) in [5.41, 5.74) is 2.57. The summed E-state index contributed by atoms with van der Waals surface area (Å²) in [4.78, 5) is 8.72. The second-order valence-corrected chi connectivity index (χ2v) is 4.69. The van der Waals surface area contributed by atoms with Crippen LogP contribution in [0.25, 0.3) is 11.6 Å². The quantitative estimate of drug-likeness (QED) is 0.642. The largest absolute Gasteiger partial charge is 0.332 e. The topological polar surface area (TPSA) is 56.7 Å². The van der Waals surface area contributed by atoms with Crippen LogP contribution in [0.4, 0.5) is 0 Å². The fourth-order valence-corrected chi connectivity index (χ4v) is 2.09. The molecule has 0 aliphatic rings. The minimum Gasteiger partial charge on any atom is -0.332 e. The van der Waals surface area contributed by atoms with Crippen LogP contribution < -0.4 is 0 Å². The Hall–Kier alpha value is -2.87. The molecule has 5 nitrogen and oxygen atoms in total. The molecule has 104 valence electrons. The van der Waals surface area contributed by atoms with Crippen molar-refractivity contribution < 1.29 is 4.52 Å². The molecule has 21 heavy (non-hydrogen) atoms. The van der Waals surface area contributed by atoms with Gasteiger partial charge in [-0.05, 0) is 31.9 Å². The summed E-state index contributed by atoms with van der Waals surface area (Å²) in [6, 6.07) is 9.81. The molecule has 0 saturated heterocycles. The van der Waals surface area contributed by atoms with Crippen LogP contribution in [-0.4, -0.2) is 19.7 Å². The predicted molar refractivity (Wildman–Crippen MR) is 78.4 cm³/mol. The highest BCUT2D eigenvalue weighted by molar-refractivity contribution is 5.54. The molecule has 2 aromatic heterocycles. The Kier molecular flexibility index (Phi) is 3.28. The van der Waals surface area contributed by atoms with Crippen LogP contribution in [0.15, 0.2) is 34.9 Å². The van der Waals surface area contributed by atoms with E-state index in [1.807, 2.05) is 48.9 Å². The van der Waals surface area contributed by atoms with Crippen LogP contribution in [0, 0.1) is 25.7 Å². The standard InChI is InChI=1S/C16H14N4O/c1-11-15(16-18-12(2)19-21-16)20(3)14(17-11)10-9-13-7-5-4-6-8-13/h4-8H,1-3H3. The highest BCUT2D eigenvalue weighted by Gasteiger charge is 2.17. The molecule has 2 heterocycles. The van der Waals surface area contributed by atoms with Crippen LogP contribution in [0.1, 0.15) is 22.9 Å². The first-order valence-electron chi connectivity index (χ1n) is 6.56. The van der Waals surface area contributed by atoms with Gasteiger partial charge in [0.05, 0.1) is 5.69 Å². The van der Waals surface area contributed by atoms with E-state index in [1.54, 1.807) is 6.92 Å². The summed E-state index contributed by atoms with van der Waals surface area (Å²) in [6.45, 7) is 3.69. The van der Waals surface area contributed by atoms with Crippen molar-refractivity contribution in [1.82, 2.24) is 19.7 Å². The zero-order valence-corrected chi connectivity index (χ0v) is 12.1. The van der Waals surface area contributed by atoms with Crippen molar-refractivity contribution in [2.45, 2.75) is 13.8 Å². The van der Waals surface area contributed by atoms with Gasteiger partial charge >= 0.3 is 0 Å². The Morgan fingerprint density at radius 3 is 2.48 bits per heavy atom. The molecule has 3 rings (SSSR count). The van der Waals surface area contributed by atoms with Gasteiger partial charge < -0.3 is 9.09 Å². The van der Waals surface area contributed by atoms with Crippen molar-refractivity contribution in [2.75, 3.05) is 0 Å². The van der Waals surface area contributed by atoms with Gasteiger partial charge in [-0.3, -0.25) is 0 Å². The third-order valence-electron chi connectivity index (χ3n) is 3.09. The fraction of sp³-hybridized carbons (Fsp3) is 0.188. The zero-order chi connectivity index (χ0) is 14.8. The Morgan fingerprint density at radius 1 is 1.05 bits per heavy atom. The third-order valence-corrected chi connectivity index (χ3v) is 3.09. The molecule has 0 saturated carbocycles. The lowest BCUT2D eigenvalue weighted by Crippen LogP contribution is -1.96. The number of aryl methyl sites for hydroxylation is 2. The first-order chi connectivity index (χ1) is 10.1. The van der Waals surface area contributed by atoms with E-state index < -0.39 is 0 Å². The Morgan fingerprint density at radius 2 is 1.81 bits per heavy atom. The van der Waals surface area contributed by atoms with Crippen molar-refractivity contribution >= 4 is 0 Å². The predicted octanol–water partition coefficient (Wildman–Crippen LogP) is 2.49. The highest BCUT2D eigenvalue weighted by atomic mass is 16.5. The number of hydrogen-bond acceptors (Lipinski definition) is 4. The summed E-state index contributed by atoms with van der Waals surface area (Å²) in [7, 11) is 1.89. The first kappa shape index (κ1) is 13.1. The summed E-state index contributed by atoms with van der Waals surface area (Å²) >= 11 is 0. The monoisotopic (exact) mass is 278 g/mol. The average molecular weight is 278 g/mol. The average Bonchev–Trinajstić information content (AvgIpc) is 3.01. The van der Waals surface area contributed by atoms with E-state index in [1.165, 1.54) is 0 Å². The molecular weight excluding hydrogens is 264 g/mol. The minimum atomic E-state index is 0.466. The van der Waals surface area contributed by atoms with Crippen LogP contribution in [0.2, 0.25) is 0 Å². The maximum Gasteiger partial charge on any atom is 0.276 e. The molecule has 0 bridgehead atoms. The number of aromatic nitrogens is 4.